The quantitative estimate of drug-likeness (QED) is 0.666. The lowest BCUT2D eigenvalue weighted by Gasteiger charge is -2.37. The summed E-state index contributed by atoms with van der Waals surface area (Å²) in [6, 6.07) is 4.47. The third-order valence-electron chi connectivity index (χ3n) is 4.91. The van der Waals surface area contributed by atoms with Gasteiger partial charge < -0.3 is 20.6 Å². The molecule has 2 heterocycles. The zero-order valence-corrected chi connectivity index (χ0v) is 16.3. The Kier molecular flexibility index (Phi) is 5.15. The van der Waals surface area contributed by atoms with Crippen LogP contribution in [0.5, 0.6) is 0 Å². The highest BCUT2D eigenvalue weighted by atomic mass is 32.2. The highest BCUT2D eigenvalue weighted by molar-refractivity contribution is 7.89. The van der Waals surface area contributed by atoms with Gasteiger partial charge in [-0.1, -0.05) is 13.3 Å². The van der Waals surface area contributed by atoms with E-state index in [0.717, 1.165) is 6.42 Å². The number of amides is 1. The van der Waals surface area contributed by atoms with Crippen LogP contribution in [0.15, 0.2) is 27.9 Å². The molecule has 1 saturated heterocycles. The number of carbonyl (C=O) groups excluding carboxylic acids is 1. The predicted octanol–water partition coefficient (Wildman–Crippen LogP) is 0.207. The molecule has 1 unspecified atom stereocenters. The van der Waals surface area contributed by atoms with Gasteiger partial charge in [0.15, 0.2) is 0 Å². The zero-order chi connectivity index (χ0) is 19.8. The molecule has 1 aliphatic heterocycles. The Labute approximate surface area is 157 Å². The van der Waals surface area contributed by atoms with Crippen LogP contribution in [0.1, 0.15) is 26.7 Å². The van der Waals surface area contributed by atoms with Crippen LogP contribution < -0.4 is 11.4 Å². The highest BCUT2D eigenvalue weighted by Gasteiger charge is 2.36. The number of fused-ring (bicyclic) bond motifs is 1. The SMILES string of the molecule is CCCC(C)(N)C(=O)N1CCN(S(=O)(=O)c2ccc3[nH]c(=O)[nH]c3c2)CC1. The minimum absolute atomic E-state index is 0.111. The first-order valence-corrected chi connectivity index (χ1v) is 10.4. The summed E-state index contributed by atoms with van der Waals surface area (Å²) < 4.78 is 27.2. The average molecular weight is 395 g/mol. The second-order valence-corrected chi connectivity index (χ2v) is 9.09. The molecular formula is C17H25N5O4S. The summed E-state index contributed by atoms with van der Waals surface area (Å²) in [5.74, 6) is -0.146. The van der Waals surface area contributed by atoms with Gasteiger partial charge in [-0.15, -0.1) is 0 Å². The summed E-state index contributed by atoms with van der Waals surface area (Å²) in [6.07, 6.45) is 1.38. The predicted molar refractivity (Wildman–Crippen MR) is 102 cm³/mol. The Morgan fingerprint density at radius 3 is 2.44 bits per heavy atom. The van der Waals surface area contributed by atoms with Crippen LogP contribution in [0.25, 0.3) is 11.0 Å². The third-order valence-corrected chi connectivity index (χ3v) is 6.80. The van der Waals surface area contributed by atoms with E-state index < -0.39 is 15.6 Å². The number of nitrogens with zero attached hydrogens (tertiary/aromatic N) is 2. The molecule has 1 aliphatic rings. The Morgan fingerprint density at radius 2 is 1.81 bits per heavy atom. The van der Waals surface area contributed by atoms with Crippen LogP contribution in [0.2, 0.25) is 0 Å². The molecule has 2 aromatic rings. The van der Waals surface area contributed by atoms with E-state index in [0.29, 0.717) is 30.5 Å². The molecule has 1 aromatic carbocycles. The number of hydrogen-bond donors (Lipinski definition) is 3. The third kappa shape index (κ3) is 3.78. The van der Waals surface area contributed by atoms with Gasteiger partial charge in [-0.2, -0.15) is 4.31 Å². The van der Waals surface area contributed by atoms with Crippen LogP contribution in [0, 0.1) is 0 Å². The zero-order valence-electron chi connectivity index (χ0n) is 15.5. The lowest BCUT2D eigenvalue weighted by atomic mass is 9.95. The van der Waals surface area contributed by atoms with E-state index in [1.54, 1.807) is 17.9 Å². The number of aromatic nitrogens is 2. The summed E-state index contributed by atoms with van der Waals surface area (Å²) in [5.41, 5.74) is 5.78. The number of nitrogens with two attached hydrogens (primary N) is 1. The first-order valence-electron chi connectivity index (χ1n) is 8.95. The van der Waals surface area contributed by atoms with Crippen molar-refractivity contribution in [2.45, 2.75) is 37.1 Å². The van der Waals surface area contributed by atoms with Crippen molar-refractivity contribution in [3.63, 3.8) is 0 Å². The molecule has 0 saturated carbocycles. The minimum Gasteiger partial charge on any atom is -0.338 e. The van der Waals surface area contributed by atoms with Crippen LogP contribution in [0.3, 0.4) is 0 Å². The summed E-state index contributed by atoms with van der Waals surface area (Å²) in [7, 11) is -3.71. The maximum absolute atomic E-state index is 12.9. The molecule has 4 N–H and O–H groups in total. The maximum atomic E-state index is 12.9. The van der Waals surface area contributed by atoms with Crippen molar-refractivity contribution in [2.75, 3.05) is 26.2 Å². The molecule has 0 aliphatic carbocycles. The summed E-state index contributed by atoms with van der Waals surface area (Å²) in [4.78, 5) is 30.8. The van der Waals surface area contributed by atoms with Crippen molar-refractivity contribution in [3.05, 3.63) is 28.7 Å². The van der Waals surface area contributed by atoms with Gasteiger partial charge in [-0.05, 0) is 31.5 Å². The molecule has 148 valence electrons. The number of imidazole rings is 1. The monoisotopic (exact) mass is 395 g/mol. The molecule has 27 heavy (non-hydrogen) atoms. The molecule has 1 fully saturated rings. The number of H-pyrrole nitrogens is 2. The fourth-order valence-corrected chi connectivity index (χ4v) is 4.89. The Bertz CT molecular complexity index is 1000. The molecule has 0 spiro atoms. The van der Waals surface area contributed by atoms with E-state index in [2.05, 4.69) is 9.97 Å². The van der Waals surface area contributed by atoms with E-state index in [9.17, 15) is 18.0 Å². The second-order valence-electron chi connectivity index (χ2n) is 7.15. The number of aromatic amines is 2. The highest BCUT2D eigenvalue weighted by Crippen LogP contribution is 2.22. The molecule has 0 bridgehead atoms. The van der Waals surface area contributed by atoms with E-state index in [1.807, 2.05) is 6.92 Å². The number of benzene rings is 1. The van der Waals surface area contributed by atoms with Gasteiger partial charge in [0.2, 0.25) is 15.9 Å². The van der Waals surface area contributed by atoms with Gasteiger partial charge in [0.1, 0.15) is 0 Å². The van der Waals surface area contributed by atoms with Crippen LogP contribution in [-0.4, -0.2) is 65.2 Å². The largest absolute Gasteiger partial charge is 0.338 e. The normalized spacial score (nSPS) is 18.6. The number of carbonyl (C=O) groups is 1. The number of hydrogen-bond acceptors (Lipinski definition) is 5. The van der Waals surface area contributed by atoms with Gasteiger partial charge in [0.05, 0.1) is 21.5 Å². The van der Waals surface area contributed by atoms with Gasteiger partial charge in [0.25, 0.3) is 0 Å². The van der Waals surface area contributed by atoms with Crippen molar-refractivity contribution in [1.82, 2.24) is 19.2 Å². The number of piperazine rings is 1. The lowest BCUT2D eigenvalue weighted by Crippen LogP contribution is -2.58. The van der Waals surface area contributed by atoms with Crippen molar-refractivity contribution >= 4 is 27.0 Å². The van der Waals surface area contributed by atoms with E-state index in [-0.39, 0.29) is 29.6 Å². The van der Waals surface area contributed by atoms with Crippen LogP contribution in [0.4, 0.5) is 0 Å². The maximum Gasteiger partial charge on any atom is 0.323 e. The smallest absolute Gasteiger partial charge is 0.323 e. The first kappa shape index (κ1) is 19.6. The van der Waals surface area contributed by atoms with E-state index in [1.165, 1.54) is 16.4 Å². The van der Waals surface area contributed by atoms with Crippen molar-refractivity contribution < 1.29 is 13.2 Å². The van der Waals surface area contributed by atoms with Crippen LogP contribution in [-0.2, 0) is 14.8 Å². The molecule has 1 amide bonds. The molecule has 10 heteroatoms. The number of nitrogens with one attached hydrogen (secondary N) is 2. The van der Waals surface area contributed by atoms with E-state index in [4.69, 9.17) is 5.73 Å². The molecule has 1 atom stereocenters. The van der Waals surface area contributed by atoms with Gasteiger partial charge >= 0.3 is 5.69 Å². The summed E-state index contributed by atoms with van der Waals surface area (Å²) >= 11 is 0. The molecule has 1 aromatic heterocycles. The Balaban J connectivity index is 1.74. The van der Waals surface area contributed by atoms with Crippen molar-refractivity contribution in [2.24, 2.45) is 5.73 Å². The van der Waals surface area contributed by atoms with Crippen LogP contribution >= 0.6 is 0 Å². The fourth-order valence-electron chi connectivity index (χ4n) is 3.44. The summed E-state index contributed by atoms with van der Waals surface area (Å²) in [5, 5.41) is 0. The number of sulfonamides is 1. The molecule has 9 nitrogen and oxygen atoms in total. The fraction of sp³-hybridized carbons (Fsp3) is 0.529. The topological polar surface area (TPSA) is 132 Å². The first-order chi connectivity index (χ1) is 12.6. The second kappa shape index (κ2) is 7.10. The molecular weight excluding hydrogens is 370 g/mol. The van der Waals surface area contributed by atoms with Gasteiger partial charge in [-0.25, -0.2) is 13.2 Å². The van der Waals surface area contributed by atoms with Crippen molar-refractivity contribution in [3.8, 4) is 0 Å². The van der Waals surface area contributed by atoms with E-state index >= 15 is 0 Å². The van der Waals surface area contributed by atoms with Crippen molar-refractivity contribution in [1.29, 1.82) is 0 Å². The minimum atomic E-state index is -3.71. The molecule has 3 rings (SSSR count). The molecule has 0 radical (unpaired) electrons. The Morgan fingerprint density at radius 1 is 1.19 bits per heavy atom. The Hall–Kier alpha value is -2.17. The standard InChI is InChI=1S/C17H25N5O4S/c1-3-6-17(2,18)15(23)21-7-9-22(10-8-21)27(25,26)12-4-5-13-14(11-12)20-16(24)19-13/h4-5,11H,3,6-10,18H2,1-2H3,(H2,19,20,24). The summed E-state index contributed by atoms with van der Waals surface area (Å²) in [6.45, 7) is 4.71. The van der Waals surface area contributed by atoms with Gasteiger partial charge in [-0.3, -0.25) is 4.79 Å². The lowest BCUT2D eigenvalue weighted by molar-refractivity contribution is -0.137. The van der Waals surface area contributed by atoms with Gasteiger partial charge in [0, 0.05) is 26.2 Å². The number of rotatable bonds is 5. The average Bonchev–Trinajstić information content (AvgIpc) is 3.00.